The Bertz CT molecular complexity index is 693. The number of rotatable bonds is 2. The normalized spacial score (nSPS) is 12.8. The zero-order valence-corrected chi connectivity index (χ0v) is 11.9. The van der Waals surface area contributed by atoms with Crippen LogP contribution in [0, 0.1) is 0 Å². The van der Waals surface area contributed by atoms with Gasteiger partial charge in [0.25, 0.3) is 0 Å². The van der Waals surface area contributed by atoms with Gasteiger partial charge in [-0.1, -0.05) is 18.2 Å². The summed E-state index contributed by atoms with van der Waals surface area (Å²) in [6, 6.07) is 12.1. The highest BCUT2D eigenvalue weighted by atomic mass is 79.9. The summed E-state index contributed by atoms with van der Waals surface area (Å²) in [5, 5.41) is 3.20. The Morgan fingerprint density at radius 3 is 2.78 bits per heavy atom. The molecule has 2 aromatic heterocycles. The number of nitrogens with zero attached hydrogens (tertiary/aromatic N) is 1. The maximum absolute atomic E-state index is 6.27. The maximum atomic E-state index is 6.27. The fraction of sp³-hybridized carbons (Fsp3) is 0.0714. The van der Waals surface area contributed by atoms with Crippen molar-refractivity contribution in [3.05, 3.63) is 62.9 Å². The summed E-state index contributed by atoms with van der Waals surface area (Å²) in [5.74, 6) is 0. The fourth-order valence-corrected chi connectivity index (χ4v) is 3.15. The number of nitrogens with two attached hydrogens (primary N) is 1. The van der Waals surface area contributed by atoms with Gasteiger partial charge in [0.2, 0.25) is 0 Å². The molecule has 0 bridgehead atoms. The molecule has 0 aliphatic rings. The predicted molar refractivity (Wildman–Crippen MR) is 79.8 cm³/mol. The van der Waals surface area contributed by atoms with Crippen LogP contribution in [0.15, 0.2) is 51.8 Å². The quantitative estimate of drug-likeness (QED) is 0.772. The molecule has 0 aliphatic heterocycles. The van der Waals surface area contributed by atoms with E-state index in [1.54, 1.807) is 11.3 Å². The van der Waals surface area contributed by atoms with Crippen LogP contribution in [0.5, 0.6) is 0 Å². The molecule has 2 N–H and O–H groups in total. The van der Waals surface area contributed by atoms with Gasteiger partial charge in [-0.15, -0.1) is 11.3 Å². The number of fused-ring (bicyclic) bond motifs is 1. The van der Waals surface area contributed by atoms with E-state index in [2.05, 4.69) is 44.5 Å². The van der Waals surface area contributed by atoms with Gasteiger partial charge in [0, 0.05) is 11.6 Å². The molecule has 0 amide bonds. The molecule has 0 radical (unpaired) electrons. The molecule has 1 aromatic carbocycles. The third kappa shape index (κ3) is 2.19. The standard InChI is InChI=1S/C14H11BrN2S/c15-13-6-11(8-18-13)14(16)10-5-9-3-1-2-4-12(9)17-7-10/h1-8,14H,16H2. The fourth-order valence-electron chi connectivity index (χ4n) is 1.94. The lowest BCUT2D eigenvalue weighted by atomic mass is 10.0. The van der Waals surface area contributed by atoms with Crippen LogP contribution in [-0.2, 0) is 0 Å². The first-order valence-electron chi connectivity index (χ1n) is 5.58. The molecule has 1 atom stereocenters. The summed E-state index contributed by atoms with van der Waals surface area (Å²) >= 11 is 5.11. The second-order valence-electron chi connectivity index (χ2n) is 4.12. The van der Waals surface area contributed by atoms with Crippen molar-refractivity contribution in [1.29, 1.82) is 0 Å². The molecule has 0 saturated heterocycles. The summed E-state index contributed by atoms with van der Waals surface area (Å²) < 4.78 is 1.10. The van der Waals surface area contributed by atoms with Crippen LogP contribution in [-0.4, -0.2) is 4.98 Å². The van der Waals surface area contributed by atoms with E-state index in [9.17, 15) is 0 Å². The van der Waals surface area contributed by atoms with Crippen LogP contribution in [0.4, 0.5) is 0 Å². The van der Waals surface area contributed by atoms with Gasteiger partial charge in [0.1, 0.15) is 0 Å². The van der Waals surface area contributed by atoms with Crippen molar-refractivity contribution >= 4 is 38.2 Å². The van der Waals surface area contributed by atoms with Gasteiger partial charge in [-0.25, -0.2) is 0 Å². The Hall–Kier alpha value is -1.23. The number of pyridine rings is 1. The molecule has 4 heteroatoms. The van der Waals surface area contributed by atoms with E-state index in [-0.39, 0.29) is 6.04 Å². The monoisotopic (exact) mass is 318 g/mol. The molecule has 2 nitrogen and oxygen atoms in total. The van der Waals surface area contributed by atoms with Gasteiger partial charge in [0.15, 0.2) is 0 Å². The van der Waals surface area contributed by atoms with Gasteiger partial charge in [-0.05, 0) is 50.6 Å². The summed E-state index contributed by atoms with van der Waals surface area (Å²) in [6.45, 7) is 0. The Morgan fingerprint density at radius 1 is 1.17 bits per heavy atom. The maximum Gasteiger partial charge on any atom is 0.0702 e. The second-order valence-corrected chi connectivity index (χ2v) is 6.41. The van der Waals surface area contributed by atoms with Gasteiger partial charge in [0.05, 0.1) is 15.3 Å². The average molecular weight is 319 g/mol. The van der Waals surface area contributed by atoms with E-state index in [4.69, 9.17) is 5.73 Å². The van der Waals surface area contributed by atoms with Gasteiger partial charge in [-0.3, -0.25) is 4.98 Å². The zero-order chi connectivity index (χ0) is 12.5. The molecular weight excluding hydrogens is 308 g/mol. The van der Waals surface area contributed by atoms with Crippen LogP contribution >= 0.6 is 27.3 Å². The van der Waals surface area contributed by atoms with Crippen LogP contribution in [0.25, 0.3) is 10.9 Å². The van der Waals surface area contributed by atoms with Crippen LogP contribution < -0.4 is 5.73 Å². The number of hydrogen-bond acceptors (Lipinski definition) is 3. The Morgan fingerprint density at radius 2 is 2.00 bits per heavy atom. The topological polar surface area (TPSA) is 38.9 Å². The van der Waals surface area contributed by atoms with E-state index in [1.165, 1.54) is 0 Å². The lowest BCUT2D eigenvalue weighted by molar-refractivity contribution is 0.872. The van der Waals surface area contributed by atoms with E-state index in [0.29, 0.717) is 0 Å². The number of hydrogen-bond donors (Lipinski definition) is 1. The SMILES string of the molecule is NC(c1csc(Br)c1)c1cnc2ccccc2c1. The summed E-state index contributed by atoms with van der Waals surface area (Å²) in [6.07, 6.45) is 1.86. The highest BCUT2D eigenvalue weighted by Crippen LogP contribution is 2.28. The molecule has 0 fully saturated rings. The van der Waals surface area contributed by atoms with Crippen molar-refractivity contribution in [3.8, 4) is 0 Å². The van der Waals surface area contributed by atoms with Crippen molar-refractivity contribution in [3.63, 3.8) is 0 Å². The molecule has 90 valence electrons. The lowest BCUT2D eigenvalue weighted by Crippen LogP contribution is -2.11. The number of benzene rings is 1. The molecule has 0 spiro atoms. The third-order valence-corrected chi connectivity index (χ3v) is 4.44. The molecular formula is C14H11BrN2S. The molecule has 0 saturated carbocycles. The average Bonchev–Trinajstić information content (AvgIpc) is 2.84. The number of thiophene rings is 1. The van der Waals surface area contributed by atoms with Crippen molar-refractivity contribution in [2.75, 3.05) is 0 Å². The summed E-state index contributed by atoms with van der Waals surface area (Å²) in [7, 11) is 0. The van der Waals surface area contributed by atoms with Gasteiger partial charge in [-0.2, -0.15) is 0 Å². The van der Waals surface area contributed by atoms with Crippen molar-refractivity contribution < 1.29 is 0 Å². The zero-order valence-electron chi connectivity index (χ0n) is 9.51. The smallest absolute Gasteiger partial charge is 0.0702 e. The number of aromatic nitrogens is 1. The Labute approximate surface area is 118 Å². The van der Waals surface area contributed by atoms with E-state index < -0.39 is 0 Å². The molecule has 0 aliphatic carbocycles. The van der Waals surface area contributed by atoms with Crippen LogP contribution in [0.3, 0.4) is 0 Å². The van der Waals surface area contributed by atoms with Crippen molar-refractivity contribution in [1.82, 2.24) is 4.98 Å². The number of para-hydroxylation sites is 1. The Kier molecular flexibility index (Phi) is 3.16. The second kappa shape index (κ2) is 4.80. The van der Waals surface area contributed by atoms with Crippen LogP contribution in [0.1, 0.15) is 17.2 Å². The highest BCUT2D eigenvalue weighted by molar-refractivity contribution is 9.11. The largest absolute Gasteiger partial charge is 0.320 e. The van der Waals surface area contributed by atoms with Gasteiger partial charge < -0.3 is 5.73 Å². The first kappa shape index (κ1) is 11.8. The van der Waals surface area contributed by atoms with E-state index >= 15 is 0 Å². The molecule has 18 heavy (non-hydrogen) atoms. The summed E-state index contributed by atoms with van der Waals surface area (Å²) in [4.78, 5) is 4.45. The first-order valence-corrected chi connectivity index (χ1v) is 7.25. The number of halogens is 1. The molecule has 2 heterocycles. The van der Waals surface area contributed by atoms with E-state index in [0.717, 1.165) is 25.8 Å². The van der Waals surface area contributed by atoms with Crippen molar-refractivity contribution in [2.24, 2.45) is 5.73 Å². The first-order chi connectivity index (χ1) is 8.74. The van der Waals surface area contributed by atoms with E-state index in [1.807, 2.05) is 24.4 Å². The minimum atomic E-state index is -0.121. The van der Waals surface area contributed by atoms with Crippen LogP contribution in [0.2, 0.25) is 0 Å². The summed E-state index contributed by atoms with van der Waals surface area (Å²) in [5.41, 5.74) is 9.42. The third-order valence-electron chi connectivity index (χ3n) is 2.92. The Balaban J connectivity index is 2.03. The van der Waals surface area contributed by atoms with Crippen molar-refractivity contribution in [2.45, 2.75) is 6.04 Å². The highest BCUT2D eigenvalue weighted by Gasteiger charge is 2.11. The minimum absolute atomic E-state index is 0.121. The molecule has 3 rings (SSSR count). The van der Waals surface area contributed by atoms with Gasteiger partial charge >= 0.3 is 0 Å². The molecule has 1 unspecified atom stereocenters. The lowest BCUT2D eigenvalue weighted by Gasteiger charge is -2.10. The molecule has 3 aromatic rings. The minimum Gasteiger partial charge on any atom is -0.320 e. The predicted octanol–water partition coefficient (Wildman–Crippen LogP) is 4.11.